The minimum absolute atomic E-state index is 0.602. The molecular formula is C23H40O4. The molecular weight excluding hydrogens is 340 g/mol. The van der Waals surface area contributed by atoms with Crippen LogP contribution in [0.5, 0.6) is 0 Å². The molecule has 0 heterocycles. The van der Waals surface area contributed by atoms with Crippen molar-refractivity contribution in [2.24, 2.45) is 0 Å². The van der Waals surface area contributed by atoms with Gasteiger partial charge in [0.2, 0.25) is 0 Å². The molecule has 0 saturated carbocycles. The Kier molecular flexibility index (Phi) is 17.7. The largest absolute Gasteiger partial charge is 0.379 e. The van der Waals surface area contributed by atoms with Crippen LogP contribution in [0.2, 0.25) is 0 Å². The number of hydrogen-bond acceptors (Lipinski definition) is 4. The van der Waals surface area contributed by atoms with Gasteiger partial charge in [-0.05, 0) is 12.0 Å². The van der Waals surface area contributed by atoms with Crippen molar-refractivity contribution >= 4 is 0 Å². The van der Waals surface area contributed by atoms with Gasteiger partial charge in [0.05, 0.1) is 46.2 Å². The van der Waals surface area contributed by atoms with Crippen molar-refractivity contribution in [2.45, 2.75) is 64.9 Å². The van der Waals surface area contributed by atoms with E-state index in [2.05, 4.69) is 19.1 Å². The molecule has 0 saturated heterocycles. The molecule has 0 spiro atoms. The summed E-state index contributed by atoms with van der Waals surface area (Å²) >= 11 is 0. The van der Waals surface area contributed by atoms with Crippen molar-refractivity contribution in [3.63, 3.8) is 0 Å². The van der Waals surface area contributed by atoms with E-state index in [1.165, 1.54) is 56.9 Å². The molecule has 4 heteroatoms. The van der Waals surface area contributed by atoms with Gasteiger partial charge < -0.3 is 18.9 Å². The molecule has 0 bridgehead atoms. The smallest absolute Gasteiger partial charge is 0.0718 e. The van der Waals surface area contributed by atoms with E-state index in [1.807, 2.05) is 18.2 Å². The highest BCUT2D eigenvalue weighted by Gasteiger charge is 1.95. The molecule has 0 aliphatic rings. The third-order valence-electron chi connectivity index (χ3n) is 4.37. The van der Waals surface area contributed by atoms with E-state index >= 15 is 0 Å². The lowest BCUT2D eigenvalue weighted by atomic mass is 10.1. The number of unbranched alkanes of at least 4 members (excludes halogenated alkanes) is 7. The van der Waals surface area contributed by atoms with Gasteiger partial charge in [0.1, 0.15) is 0 Å². The van der Waals surface area contributed by atoms with Crippen molar-refractivity contribution in [3.8, 4) is 0 Å². The van der Waals surface area contributed by atoms with Crippen LogP contribution in [0.4, 0.5) is 0 Å². The second kappa shape index (κ2) is 19.8. The first-order valence-corrected chi connectivity index (χ1v) is 10.8. The maximum Gasteiger partial charge on any atom is 0.0718 e. The predicted octanol–water partition coefficient (Wildman–Crippen LogP) is 5.39. The first-order chi connectivity index (χ1) is 13.4. The van der Waals surface area contributed by atoms with Gasteiger partial charge in [-0.3, -0.25) is 0 Å². The average molecular weight is 381 g/mol. The van der Waals surface area contributed by atoms with Crippen molar-refractivity contribution < 1.29 is 18.9 Å². The van der Waals surface area contributed by atoms with E-state index in [4.69, 9.17) is 18.9 Å². The Labute approximate surface area is 166 Å². The van der Waals surface area contributed by atoms with Gasteiger partial charge in [-0.25, -0.2) is 0 Å². The molecule has 0 fully saturated rings. The molecule has 0 N–H and O–H groups in total. The van der Waals surface area contributed by atoms with E-state index in [9.17, 15) is 0 Å². The lowest BCUT2D eigenvalue weighted by Gasteiger charge is -2.07. The van der Waals surface area contributed by atoms with Crippen LogP contribution in [0, 0.1) is 0 Å². The summed E-state index contributed by atoms with van der Waals surface area (Å²) in [4.78, 5) is 0. The fourth-order valence-corrected chi connectivity index (χ4v) is 2.76. The lowest BCUT2D eigenvalue weighted by molar-refractivity contribution is -0.00440. The molecule has 27 heavy (non-hydrogen) atoms. The molecule has 1 rings (SSSR count). The molecule has 0 radical (unpaired) electrons. The zero-order valence-electron chi connectivity index (χ0n) is 17.3. The Morgan fingerprint density at radius 2 is 1.00 bits per heavy atom. The molecule has 1 aromatic carbocycles. The Balaban J connectivity index is 1.67. The van der Waals surface area contributed by atoms with E-state index in [0.29, 0.717) is 46.2 Å². The molecule has 0 atom stereocenters. The zero-order valence-corrected chi connectivity index (χ0v) is 17.3. The second-order valence-corrected chi connectivity index (χ2v) is 6.85. The van der Waals surface area contributed by atoms with E-state index < -0.39 is 0 Å². The third kappa shape index (κ3) is 16.9. The fourth-order valence-electron chi connectivity index (χ4n) is 2.76. The number of ether oxygens (including phenoxy) is 4. The topological polar surface area (TPSA) is 36.9 Å². The van der Waals surface area contributed by atoms with Gasteiger partial charge in [-0.1, -0.05) is 82.2 Å². The summed E-state index contributed by atoms with van der Waals surface area (Å²) in [5, 5.41) is 0. The standard InChI is InChI=1S/C23H40O4/c1-2-3-4-5-6-7-8-12-15-24-16-17-25-18-19-26-20-21-27-22-23-13-10-9-11-14-23/h9-11,13-14H,2-8,12,15-22H2,1H3. The Bertz CT molecular complexity index is 397. The average Bonchev–Trinajstić information content (AvgIpc) is 2.70. The molecule has 4 nitrogen and oxygen atoms in total. The molecule has 0 unspecified atom stereocenters. The van der Waals surface area contributed by atoms with Crippen molar-refractivity contribution in [3.05, 3.63) is 35.9 Å². The lowest BCUT2D eigenvalue weighted by Crippen LogP contribution is -2.12. The molecule has 1 aromatic rings. The van der Waals surface area contributed by atoms with E-state index in [-0.39, 0.29) is 0 Å². The van der Waals surface area contributed by atoms with E-state index in [1.54, 1.807) is 0 Å². The quantitative estimate of drug-likeness (QED) is 0.284. The van der Waals surface area contributed by atoms with Gasteiger partial charge in [-0.15, -0.1) is 0 Å². The summed E-state index contributed by atoms with van der Waals surface area (Å²) in [5.41, 5.74) is 1.19. The Morgan fingerprint density at radius 3 is 1.59 bits per heavy atom. The molecule has 0 aliphatic carbocycles. The fraction of sp³-hybridized carbons (Fsp3) is 0.739. The number of hydrogen-bond donors (Lipinski definition) is 0. The number of rotatable bonds is 20. The van der Waals surface area contributed by atoms with Crippen molar-refractivity contribution in [1.82, 2.24) is 0 Å². The highest BCUT2D eigenvalue weighted by atomic mass is 16.6. The van der Waals surface area contributed by atoms with Crippen LogP contribution in [0.25, 0.3) is 0 Å². The normalized spacial score (nSPS) is 11.1. The van der Waals surface area contributed by atoms with Crippen molar-refractivity contribution in [2.75, 3.05) is 46.2 Å². The van der Waals surface area contributed by atoms with E-state index in [0.717, 1.165) is 6.61 Å². The van der Waals surface area contributed by atoms with Gasteiger partial charge in [-0.2, -0.15) is 0 Å². The highest BCUT2D eigenvalue weighted by molar-refractivity contribution is 5.13. The first kappa shape index (κ1) is 24.1. The first-order valence-electron chi connectivity index (χ1n) is 10.8. The summed E-state index contributed by atoms with van der Waals surface area (Å²) < 4.78 is 22.1. The van der Waals surface area contributed by atoms with Crippen LogP contribution in [-0.4, -0.2) is 46.2 Å². The Morgan fingerprint density at radius 1 is 0.519 bits per heavy atom. The third-order valence-corrected chi connectivity index (χ3v) is 4.37. The van der Waals surface area contributed by atoms with Gasteiger partial charge in [0.25, 0.3) is 0 Å². The summed E-state index contributed by atoms with van der Waals surface area (Å²) in [7, 11) is 0. The maximum absolute atomic E-state index is 5.59. The minimum atomic E-state index is 0.602. The zero-order chi connectivity index (χ0) is 19.3. The minimum Gasteiger partial charge on any atom is -0.379 e. The maximum atomic E-state index is 5.59. The van der Waals surface area contributed by atoms with Crippen LogP contribution < -0.4 is 0 Å². The molecule has 0 amide bonds. The SMILES string of the molecule is CCCCCCCCCCOCCOCCOCCOCc1ccccc1. The summed E-state index contributed by atoms with van der Waals surface area (Å²) in [6.45, 7) is 7.50. The highest BCUT2D eigenvalue weighted by Crippen LogP contribution is 2.08. The summed E-state index contributed by atoms with van der Waals surface area (Å²) in [6.07, 6.45) is 10.7. The van der Waals surface area contributed by atoms with Crippen LogP contribution in [-0.2, 0) is 25.6 Å². The summed E-state index contributed by atoms with van der Waals surface area (Å²) in [5.74, 6) is 0. The summed E-state index contributed by atoms with van der Waals surface area (Å²) in [6, 6.07) is 10.2. The molecule has 0 aliphatic heterocycles. The van der Waals surface area contributed by atoms with Gasteiger partial charge in [0, 0.05) is 6.61 Å². The van der Waals surface area contributed by atoms with Crippen LogP contribution in [0.1, 0.15) is 63.9 Å². The van der Waals surface area contributed by atoms with Crippen LogP contribution in [0.3, 0.4) is 0 Å². The van der Waals surface area contributed by atoms with Gasteiger partial charge >= 0.3 is 0 Å². The molecule has 156 valence electrons. The monoisotopic (exact) mass is 380 g/mol. The van der Waals surface area contributed by atoms with Crippen LogP contribution >= 0.6 is 0 Å². The van der Waals surface area contributed by atoms with Gasteiger partial charge in [0.15, 0.2) is 0 Å². The van der Waals surface area contributed by atoms with Crippen LogP contribution in [0.15, 0.2) is 30.3 Å². The predicted molar refractivity (Wildman–Crippen MR) is 111 cm³/mol. The van der Waals surface area contributed by atoms with Crippen molar-refractivity contribution in [1.29, 1.82) is 0 Å². The second-order valence-electron chi connectivity index (χ2n) is 6.85. The number of benzene rings is 1. The Hall–Kier alpha value is -0.940. The molecule has 0 aromatic heterocycles.